The van der Waals surface area contributed by atoms with Crippen LogP contribution in [0.2, 0.25) is 0 Å². The van der Waals surface area contributed by atoms with Gasteiger partial charge in [-0.25, -0.2) is 0 Å². The summed E-state index contributed by atoms with van der Waals surface area (Å²) in [6.45, 7) is 3.53. The molecule has 7 nitrogen and oxygen atoms in total. The molecule has 1 saturated heterocycles. The van der Waals surface area contributed by atoms with Gasteiger partial charge in [0.25, 0.3) is 11.8 Å². The van der Waals surface area contributed by atoms with Crippen LogP contribution in [0.1, 0.15) is 44.6 Å². The van der Waals surface area contributed by atoms with Crippen molar-refractivity contribution >= 4 is 11.8 Å². The van der Waals surface area contributed by atoms with Crippen LogP contribution in [0.5, 0.6) is 0 Å². The van der Waals surface area contributed by atoms with E-state index in [1.165, 1.54) is 0 Å². The number of carbonyl (C=O) groups excluding carboxylic acids is 2. The number of benzene rings is 1. The topological polar surface area (TPSA) is 91.1 Å². The Balaban J connectivity index is 2.05. The molecule has 1 unspecified atom stereocenters. The highest BCUT2D eigenvalue weighted by atomic mass is 16.7. The number of hydrogen-bond donors (Lipinski definition) is 1. The molecule has 29 heavy (non-hydrogen) atoms. The Hall–Kier alpha value is -1.96. The van der Waals surface area contributed by atoms with Crippen LogP contribution in [0.4, 0.5) is 0 Å². The van der Waals surface area contributed by atoms with Gasteiger partial charge >= 0.3 is 0 Å². The lowest BCUT2D eigenvalue weighted by Crippen LogP contribution is -2.60. The summed E-state index contributed by atoms with van der Waals surface area (Å²) in [4.78, 5) is 27.5. The first-order valence-electron chi connectivity index (χ1n) is 10.4. The Labute approximate surface area is 173 Å². The molecule has 1 aliphatic heterocycles. The Morgan fingerprint density at radius 3 is 2.48 bits per heavy atom. The maximum atomic E-state index is 13.4. The van der Waals surface area contributed by atoms with E-state index >= 15 is 0 Å². The SMILES string of the molecule is CCCCC(OCCc1ccccc1)(C(N)=O)C(=O)N1CCC(OCOC)CC1. The fourth-order valence-electron chi connectivity index (χ4n) is 3.60. The maximum Gasteiger partial charge on any atom is 0.264 e. The van der Waals surface area contributed by atoms with E-state index in [4.69, 9.17) is 19.9 Å². The van der Waals surface area contributed by atoms with Crippen LogP contribution >= 0.6 is 0 Å². The lowest BCUT2D eigenvalue weighted by atomic mass is 9.92. The van der Waals surface area contributed by atoms with Crippen molar-refractivity contribution < 1.29 is 23.8 Å². The smallest absolute Gasteiger partial charge is 0.264 e. The van der Waals surface area contributed by atoms with Crippen LogP contribution in [0.25, 0.3) is 0 Å². The quantitative estimate of drug-likeness (QED) is 0.425. The van der Waals surface area contributed by atoms with Gasteiger partial charge in [-0.3, -0.25) is 9.59 Å². The first-order chi connectivity index (χ1) is 14.0. The van der Waals surface area contributed by atoms with E-state index in [-0.39, 0.29) is 25.4 Å². The predicted molar refractivity (Wildman–Crippen MR) is 110 cm³/mol. The summed E-state index contributed by atoms with van der Waals surface area (Å²) in [5.74, 6) is -1.03. The number of amides is 2. The molecule has 1 atom stereocenters. The fraction of sp³-hybridized carbons (Fsp3) is 0.636. The van der Waals surface area contributed by atoms with E-state index in [1.807, 2.05) is 37.3 Å². The summed E-state index contributed by atoms with van der Waals surface area (Å²) < 4.78 is 16.5. The lowest BCUT2D eigenvalue weighted by Gasteiger charge is -2.38. The lowest BCUT2D eigenvalue weighted by molar-refractivity contribution is -0.170. The molecule has 2 amide bonds. The molecular formula is C22H34N2O5. The third-order valence-electron chi connectivity index (χ3n) is 5.36. The molecule has 1 aliphatic rings. The minimum absolute atomic E-state index is 0.0524. The first-order valence-corrected chi connectivity index (χ1v) is 10.4. The third-order valence-corrected chi connectivity index (χ3v) is 5.36. The van der Waals surface area contributed by atoms with Crippen molar-refractivity contribution in [2.24, 2.45) is 5.73 Å². The van der Waals surface area contributed by atoms with Crippen molar-refractivity contribution in [1.82, 2.24) is 4.90 Å². The summed E-state index contributed by atoms with van der Waals surface area (Å²) >= 11 is 0. The zero-order valence-electron chi connectivity index (χ0n) is 17.6. The number of hydrogen-bond acceptors (Lipinski definition) is 5. The minimum Gasteiger partial charge on any atom is -0.367 e. The number of carbonyl (C=O) groups is 2. The number of ether oxygens (including phenoxy) is 3. The third kappa shape index (κ3) is 6.52. The number of piperidine rings is 1. The summed E-state index contributed by atoms with van der Waals surface area (Å²) in [6, 6.07) is 9.84. The highest BCUT2D eigenvalue weighted by Gasteiger charge is 2.48. The number of unbranched alkanes of at least 4 members (excludes halogenated alkanes) is 1. The Bertz CT molecular complexity index is 631. The molecule has 162 valence electrons. The standard InChI is InChI=1S/C22H34N2O5/c1-3-4-13-22(20(23)25,29-16-12-18-8-6-5-7-9-18)21(26)24-14-10-19(11-15-24)28-17-27-2/h5-9,19H,3-4,10-17H2,1-2H3,(H2,23,25). The molecule has 0 saturated carbocycles. The van der Waals surface area contributed by atoms with Crippen LogP contribution in [0.3, 0.4) is 0 Å². The summed E-state index contributed by atoms with van der Waals surface area (Å²) in [7, 11) is 1.58. The number of methoxy groups -OCH3 is 1. The average Bonchev–Trinajstić information content (AvgIpc) is 2.75. The van der Waals surface area contributed by atoms with Gasteiger partial charge in [-0.1, -0.05) is 43.7 Å². The fourth-order valence-corrected chi connectivity index (χ4v) is 3.60. The van der Waals surface area contributed by atoms with Crippen molar-refractivity contribution in [1.29, 1.82) is 0 Å². The van der Waals surface area contributed by atoms with Gasteiger partial charge in [0.1, 0.15) is 6.79 Å². The molecule has 0 bridgehead atoms. The highest BCUT2D eigenvalue weighted by Crippen LogP contribution is 2.26. The zero-order chi connectivity index (χ0) is 21.1. The van der Waals surface area contributed by atoms with Crippen LogP contribution in [0, 0.1) is 0 Å². The van der Waals surface area contributed by atoms with E-state index in [9.17, 15) is 9.59 Å². The first kappa shape index (κ1) is 23.3. The molecule has 7 heteroatoms. The average molecular weight is 407 g/mol. The summed E-state index contributed by atoms with van der Waals surface area (Å²) in [6.07, 6.45) is 3.89. The molecule has 1 heterocycles. The van der Waals surface area contributed by atoms with Gasteiger partial charge in [-0.15, -0.1) is 0 Å². The van der Waals surface area contributed by atoms with Gasteiger partial charge in [0, 0.05) is 20.2 Å². The van der Waals surface area contributed by atoms with E-state index in [0.29, 0.717) is 45.2 Å². The largest absolute Gasteiger partial charge is 0.367 e. The summed E-state index contributed by atoms with van der Waals surface area (Å²) in [5.41, 5.74) is 5.22. The molecular weight excluding hydrogens is 372 g/mol. The second-order valence-corrected chi connectivity index (χ2v) is 7.44. The maximum absolute atomic E-state index is 13.4. The second kappa shape index (κ2) is 11.9. The molecule has 1 aromatic carbocycles. The molecule has 1 aromatic rings. The van der Waals surface area contributed by atoms with E-state index in [1.54, 1.807) is 12.0 Å². The van der Waals surface area contributed by atoms with Crippen molar-refractivity contribution in [2.75, 3.05) is 33.6 Å². The molecule has 0 aromatic heterocycles. The second-order valence-electron chi connectivity index (χ2n) is 7.44. The molecule has 2 rings (SSSR count). The number of likely N-dealkylation sites (tertiary alicyclic amines) is 1. The van der Waals surface area contributed by atoms with Crippen LogP contribution in [0.15, 0.2) is 30.3 Å². The van der Waals surface area contributed by atoms with Gasteiger partial charge in [0.2, 0.25) is 5.60 Å². The normalized spacial score (nSPS) is 17.1. The number of nitrogens with zero attached hydrogens (tertiary/aromatic N) is 1. The molecule has 0 radical (unpaired) electrons. The predicted octanol–water partition coefficient (Wildman–Crippen LogP) is 2.27. The highest BCUT2D eigenvalue weighted by molar-refractivity contribution is 6.07. The van der Waals surface area contributed by atoms with Crippen LogP contribution < -0.4 is 5.73 Å². The minimum atomic E-state index is -1.61. The van der Waals surface area contributed by atoms with Crippen molar-refractivity contribution in [2.45, 2.75) is 57.2 Å². The van der Waals surface area contributed by atoms with Gasteiger partial charge in [0.05, 0.1) is 12.7 Å². The molecule has 0 spiro atoms. The van der Waals surface area contributed by atoms with E-state index in [2.05, 4.69) is 0 Å². The van der Waals surface area contributed by atoms with Crippen molar-refractivity contribution in [3.05, 3.63) is 35.9 Å². The summed E-state index contributed by atoms with van der Waals surface area (Å²) in [5, 5.41) is 0. The van der Waals surface area contributed by atoms with Gasteiger partial charge in [-0.2, -0.15) is 0 Å². The van der Waals surface area contributed by atoms with Crippen LogP contribution in [-0.2, 0) is 30.2 Å². The van der Waals surface area contributed by atoms with Gasteiger partial charge in [-0.05, 0) is 37.7 Å². The van der Waals surface area contributed by atoms with E-state index < -0.39 is 11.5 Å². The van der Waals surface area contributed by atoms with Crippen LogP contribution in [-0.4, -0.2) is 62.0 Å². The monoisotopic (exact) mass is 406 g/mol. The molecule has 1 fully saturated rings. The van der Waals surface area contributed by atoms with Gasteiger partial charge in [0.15, 0.2) is 0 Å². The number of rotatable bonds is 12. The Kier molecular flexibility index (Phi) is 9.57. The molecule has 0 aliphatic carbocycles. The van der Waals surface area contributed by atoms with Crippen molar-refractivity contribution in [3.8, 4) is 0 Å². The van der Waals surface area contributed by atoms with Crippen molar-refractivity contribution in [3.63, 3.8) is 0 Å². The zero-order valence-corrected chi connectivity index (χ0v) is 17.6. The molecule has 2 N–H and O–H groups in total. The van der Waals surface area contributed by atoms with E-state index in [0.717, 1.165) is 12.0 Å². The Morgan fingerprint density at radius 1 is 1.21 bits per heavy atom. The number of nitrogens with two attached hydrogens (primary N) is 1. The number of primary amides is 1. The van der Waals surface area contributed by atoms with Gasteiger partial charge < -0.3 is 24.8 Å². The Morgan fingerprint density at radius 2 is 1.90 bits per heavy atom.